The standard InChI is InChI=1S/C24H21N5O/c25-15-18-13-17(3-6-22(18)26)20-7-8-27-24-21(20)14-23(28-24)16-1-4-19(5-2-16)29-9-11-30-12-10-29/h1-8,13-14H,9-12,26H2,(H,27,28). The van der Waals surface area contributed by atoms with E-state index >= 15 is 0 Å². The second-order valence-electron chi connectivity index (χ2n) is 7.36. The molecule has 0 bridgehead atoms. The van der Waals surface area contributed by atoms with Gasteiger partial charge in [-0.3, -0.25) is 0 Å². The summed E-state index contributed by atoms with van der Waals surface area (Å²) in [5.74, 6) is 0. The Morgan fingerprint density at radius 3 is 2.53 bits per heavy atom. The van der Waals surface area contributed by atoms with Crippen LogP contribution in [0, 0.1) is 11.3 Å². The minimum Gasteiger partial charge on any atom is -0.398 e. The molecule has 0 spiro atoms. The van der Waals surface area contributed by atoms with Crippen molar-refractivity contribution >= 4 is 22.4 Å². The molecule has 6 nitrogen and oxygen atoms in total. The van der Waals surface area contributed by atoms with Crippen molar-refractivity contribution in [3.63, 3.8) is 0 Å². The van der Waals surface area contributed by atoms with E-state index in [2.05, 4.69) is 51.3 Å². The number of fused-ring (bicyclic) bond motifs is 1. The molecule has 3 heterocycles. The fourth-order valence-electron chi connectivity index (χ4n) is 3.93. The second kappa shape index (κ2) is 7.54. The summed E-state index contributed by atoms with van der Waals surface area (Å²) in [5, 5.41) is 10.3. The number of rotatable bonds is 3. The Balaban J connectivity index is 1.51. The molecule has 0 aliphatic carbocycles. The van der Waals surface area contributed by atoms with E-state index in [-0.39, 0.29) is 0 Å². The van der Waals surface area contributed by atoms with Crippen molar-refractivity contribution < 1.29 is 4.74 Å². The fourth-order valence-corrected chi connectivity index (χ4v) is 3.93. The van der Waals surface area contributed by atoms with Gasteiger partial charge in [0.1, 0.15) is 11.7 Å². The number of H-pyrrole nitrogens is 1. The van der Waals surface area contributed by atoms with Crippen LogP contribution >= 0.6 is 0 Å². The van der Waals surface area contributed by atoms with Gasteiger partial charge in [0.2, 0.25) is 0 Å². The molecule has 6 heteroatoms. The zero-order chi connectivity index (χ0) is 20.5. The Labute approximate surface area is 174 Å². The number of pyridine rings is 1. The molecule has 1 fully saturated rings. The zero-order valence-corrected chi connectivity index (χ0v) is 16.4. The maximum absolute atomic E-state index is 9.31. The summed E-state index contributed by atoms with van der Waals surface area (Å²) in [6.07, 6.45) is 1.78. The van der Waals surface area contributed by atoms with E-state index in [1.807, 2.05) is 18.2 Å². The van der Waals surface area contributed by atoms with Crippen molar-refractivity contribution in [1.82, 2.24) is 9.97 Å². The van der Waals surface area contributed by atoms with Crippen LogP contribution in [0.25, 0.3) is 33.4 Å². The molecule has 5 rings (SSSR count). The topological polar surface area (TPSA) is 91.0 Å². The molecule has 0 amide bonds. The maximum Gasteiger partial charge on any atom is 0.138 e. The monoisotopic (exact) mass is 395 g/mol. The van der Waals surface area contributed by atoms with Crippen LogP contribution in [-0.4, -0.2) is 36.3 Å². The fraction of sp³-hybridized carbons (Fsp3) is 0.167. The molecule has 1 aliphatic heterocycles. The first-order valence-corrected chi connectivity index (χ1v) is 9.94. The Bertz CT molecular complexity index is 1250. The zero-order valence-electron chi connectivity index (χ0n) is 16.4. The molecule has 2 aromatic carbocycles. The average Bonchev–Trinajstić information content (AvgIpc) is 3.25. The number of aromatic amines is 1. The summed E-state index contributed by atoms with van der Waals surface area (Å²) in [6, 6.07) is 20.3. The first-order chi connectivity index (χ1) is 14.7. The normalized spacial score (nSPS) is 14.0. The Morgan fingerprint density at radius 1 is 1.00 bits per heavy atom. The highest BCUT2D eigenvalue weighted by Gasteiger charge is 2.13. The predicted molar refractivity (Wildman–Crippen MR) is 119 cm³/mol. The highest BCUT2D eigenvalue weighted by Crippen LogP contribution is 2.33. The number of ether oxygens (including phenoxy) is 1. The molecule has 0 radical (unpaired) electrons. The Hall–Kier alpha value is -3.82. The molecule has 148 valence electrons. The number of nitriles is 1. The second-order valence-corrected chi connectivity index (χ2v) is 7.36. The number of nitrogens with one attached hydrogen (secondary N) is 1. The molecule has 0 atom stereocenters. The molecular formula is C24H21N5O. The van der Waals surface area contributed by atoms with Crippen LogP contribution in [0.5, 0.6) is 0 Å². The van der Waals surface area contributed by atoms with Gasteiger partial charge < -0.3 is 20.4 Å². The van der Waals surface area contributed by atoms with Crippen LogP contribution in [-0.2, 0) is 4.74 Å². The average molecular weight is 395 g/mol. The smallest absolute Gasteiger partial charge is 0.138 e. The highest BCUT2D eigenvalue weighted by molar-refractivity contribution is 5.96. The number of nitrogens with two attached hydrogens (primary N) is 1. The quantitative estimate of drug-likeness (QED) is 0.508. The summed E-state index contributed by atoms with van der Waals surface area (Å²) < 4.78 is 5.44. The summed E-state index contributed by atoms with van der Waals surface area (Å²) in [4.78, 5) is 10.3. The lowest BCUT2D eigenvalue weighted by Gasteiger charge is -2.28. The lowest BCUT2D eigenvalue weighted by molar-refractivity contribution is 0.122. The third kappa shape index (κ3) is 3.25. The first kappa shape index (κ1) is 18.2. The van der Waals surface area contributed by atoms with Gasteiger partial charge in [0.15, 0.2) is 0 Å². The maximum atomic E-state index is 9.31. The predicted octanol–water partition coefficient (Wildman–Crippen LogP) is 4.19. The van der Waals surface area contributed by atoms with E-state index in [4.69, 9.17) is 10.5 Å². The number of aromatic nitrogens is 2. The molecule has 30 heavy (non-hydrogen) atoms. The number of nitrogen functional groups attached to an aromatic ring is 1. The number of hydrogen-bond acceptors (Lipinski definition) is 5. The lowest BCUT2D eigenvalue weighted by atomic mass is 10.0. The summed E-state index contributed by atoms with van der Waals surface area (Å²) in [5.41, 5.74) is 13.0. The van der Waals surface area contributed by atoms with E-state index in [0.717, 1.165) is 59.7 Å². The van der Waals surface area contributed by atoms with E-state index in [0.29, 0.717) is 11.3 Å². The van der Waals surface area contributed by atoms with Crippen molar-refractivity contribution in [2.24, 2.45) is 0 Å². The van der Waals surface area contributed by atoms with Gasteiger partial charge in [0.05, 0.1) is 18.8 Å². The van der Waals surface area contributed by atoms with Gasteiger partial charge in [0.25, 0.3) is 0 Å². The van der Waals surface area contributed by atoms with Gasteiger partial charge in [-0.05, 0) is 53.1 Å². The van der Waals surface area contributed by atoms with Crippen LogP contribution in [0.15, 0.2) is 60.8 Å². The van der Waals surface area contributed by atoms with Crippen molar-refractivity contribution in [2.45, 2.75) is 0 Å². The summed E-state index contributed by atoms with van der Waals surface area (Å²) in [6.45, 7) is 3.39. The molecule has 1 aliphatic rings. The summed E-state index contributed by atoms with van der Waals surface area (Å²) >= 11 is 0. The van der Waals surface area contributed by atoms with E-state index in [1.54, 1.807) is 12.3 Å². The Morgan fingerprint density at radius 2 is 1.77 bits per heavy atom. The molecule has 3 N–H and O–H groups in total. The van der Waals surface area contributed by atoms with Crippen LogP contribution < -0.4 is 10.6 Å². The van der Waals surface area contributed by atoms with Gasteiger partial charge in [-0.1, -0.05) is 18.2 Å². The molecular weight excluding hydrogens is 374 g/mol. The number of hydrogen-bond donors (Lipinski definition) is 2. The van der Waals surface area contributed by atoms with Crippen molar-refractivity contribution in [3.05, 3.63) is 66.4 Å². The number of anilines is 2. The van der Waals surface area contributed by atoms with Gasteiger partial charge >= 0.3 is 0 Å². The van der Waals surface area contributed by atoms with E-state index in [1.165, 1.54) is 5.69 Å². The van der Waals surface area contributed by atoms with Crippen molar-refractivity contribution in [3.8, 4) is 28.5 Å². The Kier molecular flexibility index (Phi) is 4.58. The molecule has 1 saturated heterocycles. The highest BCUT2D eigenvalue weighted by atomic mass is 16.5. The minimum absolute atomic E-state index is 0.479. The van der Waals surface area contributed by atoms with Crippen LogP contribution in [0.3, 0.4) is 0 Å². The van der Waals surface area contributed by atoms with Crippen LogP contribution in [0.2, 0.25) is 0 Å². The lowest BCUT2D eigenvalue weighted by Crippen LogP contribution is -2.36. The number of nitrogens with zero attached hydrogens (tertiary/aromatic N) is 3. The van der Waals surface area contributed by atoms with Gasteiger partial charge in [0, 0.05) is 41.7 Å². The van der Waals surface area contributed by atoms with Crippen LogP contribution in [0.1, 0.15) is 5.56 Å². The summed E-state index contributed by atoms with van der Waals surface area (Å²) in [7, 11) is 0. The van der Waals surface area contributed by atoms with Gasteiger partial charge in [-0.15, -0.1) is 0 Å². The van der Waals surface area contributed by atoms with Crippen molar-refractivity contribution in [1.29, 1.82) is 5.26 Å². The molecule has 4 aromatic rings. The molecule has 2 aromatic heterocycles. The van der Waals surface area contributed by atoms with Crippen molar-refractivity contribution in [2.75, 3.05) is 36.9 Å². The van der Waals surface area contributed by atoms with E-state index in [9.17, 15) is 5.26 Å². The number of morpholine rings is 1. The van der Waals surface area contributed by atoms with Gasteiger partial charge in [-0.25, -0.2) is 4.98 Å². The van der Waals surface area contributed by atoms with Crippen LogP contribution in [0.4, 0.5) is 11.4 Å². The SMILES string of the molecule is N#Cc1cc(-c2ccnc3[nH]c(-c4ccc(N5CCOCC5)cc4)cc23)ccc1N. The minimum atomic E-state index is 0.479. The third-order valence-electron chi connectivity index (χ3n) is 5.57. The molecule has 0 unspecified atom stereocenters. The van der Waals surface area contributed by atoms with E-state index < -0.39 is 0 Å². The number of benzene rings is 2. The molecule has 0 saturated carbocycles. The van der Waals surface area contributed by atoms with Gasteiger partial charge in [-0.2, -0.15) is 5.26 Å². The third-order valence-corrected chi connectivity index (χ3v) is 5.57. The first-order valence-electron chi connectivity index (χ1n) is 9.94. The largest absolute Gasteiger partial charge is 0.398 e.